The molecule has 0 aliphatic carbocycles. The lowest BCUT2D eigenvalue weighted by molar-refractivity contribution is 0.00516. The molecule has 0 radical (unpaired) electrons. The van der Waals surface area contributed by atoms with Gasteiger partial charge in [0.2, 0.25) is 0 Å². The summed E-state index contributed by atoms with van der Waals surface area (Å²) in [7, 11) is 1.67. The van der Waals surface area contributed by atoms with E-state index in [0.29, 0.717) is 5.92 Å². The minimum Gasteiger partial charge on any atom is -0.497 e. The van der Waals surface area contributed by atoms with E-state index < -0.39 is 0 Å². The van der Waals surface area contributed by atoms with Crippen LogP contribution in [0.5, 0.6) is 5.75 Å². The fourth-order valence-electron chi connectivity index (χ4n) is 2.44. The average Bonchev–Trinajstić information content (AvgIpc) is 2.46. The Labute approximate surface area is 109 Å². The Bertz CT molecular complexity index is 341. The molecule has 3 heteroatoms. The number of hydrogen-bond donors (Lipinski definition) is 1. The van der Waals surface area contributed by atoms with Crippen molar-refractivity contribution in [3.8, 4) is 5.75 Å². The van der Waals surface area contributed by atoms with Crippen molar-refractivity contribution in [2.75, 3.05) is 20.3 Å². The van der Waals surface area contributed by atoms with Crippen molar-refractivity contribution in [2.24, 2.45) is 5.92 Å². The van der Waals surface area contributed by atoms with E-state index in [-0.39, 0.29) is 6.10 Å². The summed E-state index contributed by atoms with van der Waals surface area (Å²) in [6.45, 7) is 1.59. The molecule has 1 fully saturated rings. The zero-order chi connectivity index (χ0) is 12.8. The van der Waals surface area contributed by atoms with E-state index in [1.807, 2.05) is 12.1 Å². The summed E-state index contributed by atoms with van der Waals surface area (Å²) in [6, 6.07) is 8.07. The van der Waals surface area contributed by atoms with Crippen LogP contribution in [-0.4, -0.2) is 31.5 Å². The summed E-state index contributed by atoms with van der Waals surface area (Å²) < 4.78 is 10.4. The second-order valence-electron chi connectivity index (χ2n) is 4.90. The van der Waals surface area contributed by atoms with Gasteiger partial charge in [0.05, 0.1) is 13.2 Å². The zero-order valence-corrected chi connectivity index (χ0v) is 11.0. The smallest absolute Gasteiger partial charge is 0.118 e. The molecule has 0 aromatic heterocycles. The van der Waals surface area contributed by atoms with Crippen molar-refractivity contribution in [3.63, 3.8) is 0 Å². The lowest BCUT2D eigenvalue weighted by atomic mass is 9.90. The number of aryl methyl sites for hydroxylation is 1. The van der Waals surface area contributed by atoms with Gasteiger partial charge in [-0.05, 0) is 49.3 Å². The first-order chi connectivity index (χ1) is 8.79. The second-order valence-corrected chi connectivity index (χ2v) is 4.90. The van der Waals surface area contributed by atoms with Crippen LogP contribution >= 0.6 is 0 Å². The molecule has 100 valence electrons. The van der Waals surface area contributed by atoms with Crippen LogP contribution in [0.15, 0.2) is 24.3 Å². The van der Waals surface area contributed by atoms with Crippen LogP contribution in [0.1, 0.15) is 24.8 Å². The number of rotatable bonds is 5. The topological polar surface area (TPSA) is 38.7 Å². The number of aliphatic hydroxyl groups is 1. The van der Waals surface area contributed by atoms with Crippen molar-refractivity contribution in [3.05, 3.63) is 29.8 Å². The highest BCUT2D eigenvalue weighted by Gasteiger charge is 2.21. The van der Waals surface area contributed by atoms with E-state index in [4.69, 9.17) is 9.47 Å². The Kier molecular flexibility index (Phi) is 5.02. The van der Waals surface area contributed by atoms with Gasteiger partial charge in [-0.2, -0.15) is 0 Å². The zero-order valence-electron chi connectivity index (χ0n) is 11.0. The van der Waals surface area contributed by atoms with E-state index >= 15 is 0 Å². The summed E-state index contributed by atoms with van der Waals surface area (Å²) in [5, 5.41) is 10.2. The molecular formula is C15H22O3. The first kappa shape index (κ1) is 13.4. The molecule has 0 saturated carbocycles. The van der Waals surface area contributed by atoms with Crippen molar-refractivity contribution in [2.45, 2.75) is 31.8 Å². The lowest BCUT2D eigenvalue weighted by Gasteiger charge is -2.26. The van der Waals surface area contributed by atoms with Crippen LogP contribution in [0.25, 0.3) is 0 Å². The molecule has 1 aromatic carbocycles. The minimum atomic E-state index is -0.198. The van der Waals surface area contributed by atoms with Gasteiger partial charge < -0.3 is 14.6 Å². The van der Waals surface area contributed by atoms with Gasteiger partial charge in [-0.1, -0.05) is 12.1 Å². The van der Waals surface area contributed by atoms with E-state index in [9.17, 15) is 5.11 Å². The monoisotopic (exact) mass is 250 g/mol. The molecule has 0 spiro atoms. The normalized spacial score (nSPS) is 18.6. The molecular weight excluding hydrogens is 228 g/mol. The summed E-state index contributed by atoms with van der Waals surface area (Å²) >= 11 is 0. The highest BCUT2D eigenvalue weighted by atomic mass is 16.5. The molecule has 0 amide bonds. The fourth-order valence-corrected chi connectivity index (χ4v) is 2.44. The standard InChI is InChI=1S/C15H22O3/c1-17-14-5-2-12(3-6-14)4-7-15(16)13-8-10-18-11-9-13/h2-3,5-6,13,15-16H,4,7-11H2,1H3. The molecule has 3 nitrogen and oxygen atoms in total. The molecule has 18 heavy (non-hydrogen) atoms. The van der Waals surface area contributed by atoms with E-state index in [2.05, 4.69) is 12.1 Å². The Hall–Kier alpha value is -1.06. The Morgan fingerprint density at radius 1 is 1.28 bits per heavy atom. The van der Waals surface area contributed by atoms with E-state index in [1.54, 1.807) is 7.11 Å². The van der Waals surface area contributed by atoms with Gasteiger partial charge in [-0.3, -0.25) is 0 Å². The molecule has 1 heterocycles. The number of ether oxygens (including phenoxy) is 2. The third-order valence-electron chi connectivity index (χ3n) is 3.70. The lowest BCUT2D eigenvalue weighted by Crippen LogP contribution is -2.27. The highest BCUT2D eigenvalue weighted by Crippen LogP contribution is 2.22. The largest absolute Gasteiger partial charge is 0.497 e. The van der Waals surface area contributed by atoms with E-state index in [1.165, 1.54) is 5.56 Å². The van der Waals surface area contributed by atoms with Gasteiger partial charge in [0.1, 0.15) is 5.75 Å². The van der Waals surface area contributed by atoms with Crippen LogP contribution in [0.2, 0.25) is 0 Å². The predicted molar refractivity (Wildman–Crippen MR) is 70.9 cm³/mol. The maximum Gasteiger partial charge on any atom is 0.118 e. The predicted octanol–water partition coefficient (Wildman–Crippen LogP) is 2.42. The Balaban J connectivity index is 1.78. The van der Waals surface area contributed by atoms with Crippen LogP contribution in [0.4, 0.5) is 0 Å². The van der Waals surface area contributed by atoms with Crippen LogP contribution < -0.4 is 4.74 Å². The average molecular weight is 250 g/mol. The fraction of sp³-hybridized carbons (Fsp3) is 0.600. The number of methoxy groups -OCH3 is 1. The van der Waals surface area contributed by atoms with Gasteiger partial charge in [0.25, 0.3) is 0 Å². The van der Waals surface area contributed by atoms with Crippen molar-refractivity contribution >= 4 is 0 Å². The second kappa shape index (κ2) is 6.76. The highest BCUT2D eigenvalue weighted by molar-refractivity contribution is 5.27. The summed E-state index contributed by atoms with van der Waals surface area (Å²) in [4.78, 5) is 0. The molecule has 1 atom stereocenters. The summed E-state index contributed by atoms with van der Waals surface area (Å²) in [6.07, 6.45) is 3.53. The maximum atomic E-state index is 10.2. The molecule has 1 saturated heterocycles. The van der Waals surface area contributed by atoms with Gasteiger partial charge in [-0.15, -0.1) is 0 Å². The van der Waals surface area contributed by atoms with Gasteiger partial charge in [-0.25, -0.2) is 0 Å². The van der Waals surface area contributed by atoms with Gasteiger partial charge >= 0.3 is 0 Å². The molecule has 1 aromatic rings. The Morgan fingerprint density at radius 3 is 2.56 bits per heavy atom. The summed E-state index contributed by atoms with van der Waals surface area (Å²) in [5.74, 6) is 1.29. The van der Waals surface area contributed by atoms with Gasteiger partial charge in [0.15, 0.2) is 0 Å². The SMILES string of the molecule is COc1ccc(CCC(O)C2CCOCC2)cc1. The van der Waals surface area contributed by atoms with Crippen molar-refractivity contribution in [1.82, 2.24) is 0 Å². The Morgan fingerprint density at radius 2 is 1.94 bits per heavy atom. The van der Waals surface area contributed by atoms with Crippen LogP contribution in [0, 0.1) is 5.92 Å². The van der Waals surface area contributed by atoms with Crippen molar-refractivity contribution in [1.29, 1.82) is 0 Å². The number of benzene rings is 1. The minimum absolute atomic E-state index is 0.198. The maximum absolute atomic E-state index is 10.2. The number of aliphatic hydroxyl groups excluding tert-OH is 1. The number of hydrogen-bond acceptors (Lipinski definition) is 3. The van der Waals surface area contributed by atoms with Crippen molar-refractivity contribution < 1.29 is 14.6 Å². The van der Waals surface area contributed by atoms with Crippen LogP contribution in [-0.2, 0) is 11.2 Å². The molecule has 1 N–H and O–H groups in total. The quantitative estimate of drug-likeness (QED) is 0.872. The molecule has 0 bridgehead atoms. The first-order valence-electron chi connectivity index (χ1n) is 6.68. The van der Waals surface area contributed by atoms with Gasteiger partial charge in [0, 0.05) is 13.2 Å². The third-order valence-corrected chi connectivity index (χ3v) is 3.70. The third kappa shape index (κ3) is 3.72. The van der Waals surface area contributed by atoms with E-state index in [0.717, 1.165) is 44.6 Å². The first-order valence-corrected chi connectivity index (χ1v) is 6.68. The molecule has 1 aliphatic rings. The molecule has 1 aliphatic heterocycles. The van der Waals surface area contributed by atoms with Crippen LogP contribution in [0.3, 0.4) is 0 Å². The molecule has 2 rings (SSSR count). The molecule has 1 unspecified atom stereocenters. The summed E-state index contributed by atoms with van der Waals surface area (Å²) in [5.41, 5.74) is 1.25.